The van der Waals surface area contributed by atoms with Gasteiger partial charge in [-0.3, -0.25) is 0 Å². The van der Waals surface area contributed by atoms with Crippen molar-refractivity contribution in [2.45, 2.75) is 43.4 Å². The average molecular weight is 303 g/mol. The van der Waals surface area contributed by atoms with Crippen molar-refractivity contribution >= 4 is 21.4 Å². The molecule has 0 aliphatic carbocycles. The van der Waals surface area contributed by atoms with Gasteiger partial charge in [0, 0.05) is 5.92 Å². The van der Waals surface area contributed by atoms with Crippen LogP contribution in [0.15, 0.2) is 27.8 Å². The third-order valence-electron chi connectivity index (χ3n) is 3.38. The van der Waals surface area contributed by atoms with Crippen LogP contribution in [0.3, 0.4) is 0 Å². The number of primary sulfonamides is 1. The van der Waals surface area contributed by atoms with Crippen molar-refractivity contribution in [3.05, 3.63) is 29.2 Å². The predicted octanol–water partition coefficient (Wildman–Crippen LogP) is 2.46. The highest BCUT2D eigenvalue weighted by atomic mass is 32.2. The van der Waals surface area contributed by atoms with Crippen molar-refractivity contribution < 1.29 is 13.5 Å². The van der Waals surface area contributed by atoms with E-state index in [0.29, 0.717) is 11.1 Å². The van der Waals surface area contributed by atoms with E-state index >= 15 is 0 Å². The highest BCUT2D eigenvalue weighted by Gasteiger charge is 2.31. The SMILES string of the molecule is C=C(C)C(O)[C@H](c1ccsc1S(N)(=O)=O)[C@@H](C)CC. The van der Waals surface area contributed by atoms with Crippen LogP contribution in [0, 0.1) is 5.92 Å². The minimum absolute atomic E-state index is 0.127. The zero-order valence-electron chi connectivity index (χ0n) is 11.5. The number of rotatable bonds is 6. The number of thiophene rings is 1. The molecule has 0 saturated carbocycles. The molecular weight excluding hydrogens is 282 g/mol. The molecule has 0 bridgehead atoms. The lowest BCUT2D eigenvalue weighted by molar-refractivity contribution is 0.148. The molecule has 1 unspecified atom stereocenters. The van der Waals surface area contributed by atoms with E-state index in [1.54, 1.807) is 18.4 Å². The van der Waals surface area contributed by atoms with Gasteiger partial charge < -0.3 is 5.11 Å². The van der Waals surface area contributed by atoms with Crippen LogP contribution in [-0.4, -0.2) is 19.6 Å². The summed E-state index contributed by atoms with van der Waals surface area (Å²) in [4.78, 5) is 0. The van der Waals surface area contributed by atoms with Crippen LogP contribution in [0.25, 0.3) is 0 Å². The maximum Gasteiger partial charge on any atom is 0.247 e. The lowest BCUT2D eigenvalue weighted by atomic mass is 9.80. The van der Waals surface area contributed by atoms with E-state index in [4.69, 9.17) is 5.14 Å². The van der Waals surface area contributed by atoms with Gasteiger partial charge in [-0.25, -0.2) is 13.6 Å². The van der Waals surface area contributed by atoms with Crippen LogP contribution in [0.5, 0.6) is 0 Å². The van der Waals surface area contributed by atoms with E-state index in [1.165, 1.54) is 0 Å². The fourth-order valence-corrected chi connectivity index (χ4v) is 4.05. The highest BCUT2D eigenvalue weighted by Crippen LogP contribution is 2.38. The molecule has 0 amide bonds. The number of aliphatic hydroxyl groups excluding tert-OH is 1. The quantitative estimate of drug-likeness (QED) is 0.792. The average Bonchev–Trinajstić information content (AvgIpc) is 2.77. The summed E-state index contributed by atoms with van der Waals surface area (Å²) in [6.07, 6.45) is 0.0552. The first-order valence-corrected chi connectivity index (χ1v) is 8.56. The van der Waals surface area contributed by atoms with Gasteiger partial charge in [-0.05, 0) is 29.9 Å². The van der Waals surface area contributed by atoms with Gasteiger partial charge in [0.2, 0.25) is 10.0 Å². The molecule has 19 heavy (non-hydrogen) atoms. The fourth-order valence-electron chi connectivity index (χ4n) is 2.13. The summed E-state index contributed by atoms with van der Waals surface area (Å²) in [6, 6.07) is 1.73. The predicted molar refractivity (Wildman–Crippen MR) is 78.7 cm³/mol. The number of aliphatic hydroxyl groups is 1. The molecule has 108 valence electrons. The van der Waals surface area contributed by atoms with Crippen molar-refractivity contribution in [2.24, 2.45) is 11.1 Å². The zero-order chi connectivity index (χ0) is 14.8. The molecule has 1 rings (SSSR count). The molecule has 0 aliphatic rings. The minimum atomic E-state index is -3.76. The first-order valence-electron chi connectivity index (χ1n) is 6.13. The molecule has 0 fully saturated rings. The molecule has 0 radical (unpaired) electrons. The van der Waals surface area contributed by atoms with E-state index in [9.17, 15) is 13.5 Å². The number of sulfonamides is 1. The molecule has 3 N–H and O–H groups in total. The topological polar surface area (TPSA) is 80.4 Å². The molecule has 1 aromatic heterocycles. The van der Waals surface area contributed by atoms with Crippen molar-refractivity contribution in [1.29, 1.82) is 0 Å². The summed E-state index contributed by atoms with van der Waals surface area (Å²) in [7, 11) is -3.76. The molecule has 0 spiro atoms. The van der Waals surface area contributed by atoms with Crippen LogP contribution < -0.4 is 5.14 Å². The van der Waals surface area contributed by atoms with E-state index in [2.05, 4.69) is 6.58 Å². The molecule has 0 aromatic carbocycles. The maximum absolute atomic E-state index is 11.6. The first kappa shape index (κ1) is 16.4. The second kappa shape index (κ2) is 6.17. The van der Waals surface area contributed by atoms with Gasteiger partial charge in [0.15, 0.2) is 0 Å². The molecule has 6 heteroatoms. The Labute approximate surface area is 119 Å². The summed E-state index contributed by atoms with van der Waals surface area (Å²) in [5.74, 6) is -0.177. The van der Waals surface area contributed by atoms with Crippen LogP contribution >= 0.6 is 11.3 Å². The Hall–Kier alpha value is -0.690. The molecule has 3 atom stereocenters. The number of nitrogens with two attached hydrogens (primary N) is 1. The van der Waals surface area contributed by atoms with E-state index in [0.717, 1.165) is 17.8 Å². The Morgan fingerprint density at radius 2 is 2.16 bits per heavy atom. The van der Waals surface area contributed by atoms with E-state index in [-0.39, 0.29) is 16.0 Å². The molecular formula is C13H21NO3S2. The smallest absolute Gasteiger partial charge is 0.247 e. The molecule has 0 saturated heterocycles. The van der Waals surface area contributed by atoms with Gasteiger partial charge in [0.1, 0.15) is 4.21 Å². The second-order valence-corrected chi connectivity index (χ2v) is 7.58. The lowest BCUT2D eigenvalue weighted by Crippen LogP contribution is -2.27. The third kappa shape index (κ3) is 3.66. The Morgan fingerprint density at radius 3 is 2.58 bits per heavy atom. The van der Waals surface area contributed by atoms with Crippen molar-refractivity contribution in [1.82, 2.24) is 0 Å². The molecule has 4 nitrogen and oxygen atoms in total. The Balaban J connectivity index is 3.35. The summed E-state index contributed by atoms with van der Waals surface area (Å²) in [5.41, 5.74) is 1.22. The van der Waals surface area contributed by atoms with E-state index in [1.807, 2.05) is 13.8 Å². The van der Waals surface area contributed by atoms with Gasteiger partial charge in [0.25, 0.3) is 0 Å². The van der Waals surface area contributed by atoms with Gasteiger partial charge in [-0.2, -0.15) is 0 Å². The largest absolute Gasteiger partial charge is 0.388 e. The van der Waals surface area contributed by atoms with Crippen LogP contribution in [-0.2, 0) is 10.0 Å². The zero-order valence-corrected chi connectivity index (χ0v) is 13.1. The Morgan fingerprint density at radius 1 is 1.58 bits per heavy atom. The Kier molecular flexibility index (Phi) is 5.32. The van der Waals surface area contributed by atoms with Crippen molar-refractivity contribution in [2.75, 3.05) is 0 Å². The standard InChI is InChI=1S/C13H21NO3S2/c1-5-9(4)11(12(15)8(2)3)10-6-7-18-13(10)19(14,16)17/h6-7,9,11-12,15H,2,5H2,1,3-4H3,(H2,14,16,17)/t9-,11-,12?/m0/s1. The third-order valence-corrected chi connectivity index (χ3v) is 5.84. The van der Waals surface area contributed by atoms with Gasteiger partial charge in [-0.15, -0.1) is 11.3 Å². The molecule has 1 aromatic rings. The van der Waals surface area contributed by atoms with Crippen LogP contribution in [0.4, 0.5) is 0 Å². The van der Waals surface area contributed by atoms with Crippen molar-refractivity contribution in [3.8, 4) is 0 Å². The van der Waals surface area contributed by atoms with Gasteiger partial charge in [-0.1, -0.05) is 32.4 Å². The molecule has 1 heterocycles. The lowest BCUT2D eigenvalue weighted by Gasteiger charge is -2.28. The minimum Gasteiger partial charge on any atom is -0.388 e. The summed E-state index contributed by atoms with van der Waals surface area (Å²) >= 11 is 1.09. The van der Waals surface area contributed by atoms with Gasteiger partial charge in [0.05, 0.1) is 6.10 Å². The van der Waals surface area contributed by atoms with E-state index < -0.39 is 16.1 Å². The second-order valence-electron chi connectivity index (χ2n) is 4.91. The maximum atomic E-state index is 11.6. The summed E-state index contributed by atoms with van der Waals surface area (Å²) in [5, 5.41) is 17.2. The normalized spacial score (nSPS) is 16.9. The van der Waals surface area contributed by atoms with Gasteiger partial charge >= 0.3 is 0 Å². The highest BCUT2D eigenvalue weighted by molar-refractivity contribution is 7.91. The Bertz CT molecular complexity index is 548. The monoisotopic (exact) mass is 303 g/mol. The van der Waals surface area contributed by atoms with Crippen molar-refractivity contribution in [3.63, 3.8) is 0 Å². The fraction of sp³-hybridized carbons (Fsp3) is 0.538. The summed E-state index contributed by atoms with van der Waals surface area (Å²) in [6.45, 7) is 9.50. The van der Waals surface area contributed by atoms with Crippen LogP contribution in [0.1, 0.15) is 38.7 Å². The van der Waals surface area contributed by atoms with Crippen LogP contribution in [0.2, 0.25) is 0 Å². The summed E-state index contributed by atoms with van der Waals surface area (Å²) < 4.78 is 23.4. The number of hydrogen-bond acceptors (Lipinski definition) is 4. The number of hydrogen-bond donors (Lipinski definition) is 2. The molecule has 0 aliphatic heterocycles. The first-order chi connectivity index (χ1) is 8.70.